The minimum atomic E-state index is -5.07. The van der Waals surface area contributed by atoms with Gasteiger partial charge >= 0.3 is 69.7 Å². The van der Waals surface area contributed by atoms with E-state index in [9.17, 15) is 31.6 Å². The van der Waals surface area contributed by atoms with E-state index < -0.39 is 46.9 Å². The van der Waals surface area contributed by atoms with Gasteiger partial charge in [-0.05, 0) is 72.1 Å². The fourth-order valence-electron chi connectivity index (χ4n) is 4.84. The molecule has 0 saturated carbocycles. The minimum absolute atomic E-state index is 0. The Kier molecular flexibility index (Phi) is 14.4. The number of benzene rings is 6. The van der Waals surface area contributed by atoms with Crippen molar-refractivity contribution in [1.29, 1.82) is 0 Å². The van der Waals surface area contributed by atoms with Crippen LogP contribution < -0.4 is 70.6 Å². The van der Waals surface area contributed by atoms with Crippen LogP contribution in [0.3, 0.4) is 0 Å². The van der Waals surface area contributed by atoms with Gasteiger partial charge in [-0.1, -0.05) is 23.6 Å². The van der Waals surface area contributed by atoms with Crippen molar-refractivity contribution in [1.82, 2.24) is 0 Å². The molecule has 6 N–H and O–H groups in total. The first-order valence-electron chi connectivity index (χ1n) is 14.1. The van der Waals surface area contributed by atoms with Gasteiger partial charge < -0.3 is 26.2 Å². The summed E-state index contributed by atoms with van der Waals surface area (Å²) in [7, 11) is -12.2. The number of anilines is 2. The molecule has 0 fully saturated rings. The van der Waals surface area contributed by atoms with Gasteiger partial charge in [0.05, 0.1) is 26.1 Å². The summed E-state index contributed by atoms with van der Waals surface area (Å²) in [5, 5.41) is 38.6. The number of nitrogens with zero attached hydrogens (tertiary/aromatic N) is 4. The zero-order chi connectivity index (χ0) is 37.1. The third kappa shape index (κ3) is 9.83. The van der Waals surface area contributed by atoms with E-state index in [0.29, 0.717) is 22.1 Å². The minimum Gasteiger partial charge on any atom is -0.744 e. The van der Waals surface area contributed by atoms with Crippen LogP contribution in [0.2, 0.25) is 0 Å². The van der Waals surface area contributed by atoms with Gasteiger partial charge in [-0.15, -0.1) is 29.2 Å². The molecule has 0 aliphatic rings. The summed E-state index contributed by atoms with van der Waals surface area (Å²) in [4.78, 5) is -0.915. The maximum absolute atomic E-state index is 13.3. The zero-order valence-corrected chi connectivity index (χ0v) is 34.0. The number of phenolic OH excluding ortho intramolecular Hbond substituents is 2. The van der Waals surface area contributed by atoms with Crippen LogP contribution in [0.15, 0.2) is 132 Å². The Bertz CT molecular complexity index is 2730. The molecule has 0 amide bonds. The molecule has 0 aromatic heterocycles. The maximum atomic E-state index is 13.3. The molecular weight excluding hydrogens is 771 g/mol. The number of aromatic hydroxyl groups is 2. The van der Waals surface area contributed by atoms with Gasteiger partial charge in [0.25, 0.3) is 0 Å². The van der Waals surface area contributed by atoms with Gasteiger partial charge in [0.15, 0.2) is 5.75 Å². The molecule has 260 valence electrons. The van der Waals surface area contributed by atoms with Crippen molar-refractivity contribution in [2.45, 2.75) is 14.7 Å². The van der Waals surface area contributed by atoms with Crippen molar-refractivity contribution in [2.75, 3.05) is 11.5 Å². The molecule has 6 aromatic carbocycles. The monoisotopic (exact) mass is 792 g/mol. The predicted molar refractivity (Wildman–Crippen MR) is 183 cm³/mol. The largest absolute Gasteiger partial charge is 1.00 e. The van der Waals surface area contributed by atoms with Crippen molar-refractivity contribution in [2.24, 2.45) is 20.5 Å². The molecule has 0 radical (unpaired) electrons. The Labute approximate surface area is 347 Å². The van der Waals surface area contributed by atoms with Gasteiger partial charge in [0, 0.05) is 28.2 Å². The molecule has 0 bridgehead atoms. The number of rotatable bonds is 7. The summed E-state index contributed by atoms with van der Waals surface area (Å²) in [6.45, 7) is 0. The van der Waals surface area contributed by atoms with Gasteiger partial charge in [-0.2, -0.15) is 27.5 Å². The smallest absolute Gasteiger partial charge is 0.744 e. The third-order valence-electron chi connectivity index (χ3n) is 7.16. The van der Waals surface area contributed by atoms with Crippen LogP contribution in [0.1, 0.15) is 0 Å². The predicted octanol–water partition coefficient (Wildman–Crippen LogP) is -0.0596. The number of nitrogen functional groups attached to an aromatic ring is 2. The molecule has 0 aliphatic carbocycles. The van der Waals surface area contributed by atoms with Crippen molar-refractivity contribution in [3.8, 4) is 11.5 Å². The number of phenols is 2. The second-order valence-electron chi connectivity index (χ2n) is 10.4. The Morgan fingerprint density at radius 1 is 0.642 bits per heavy atom. The average molecular weight is 793 g/mol. The van der Waals surface area contributed by atoms with Gasteiger partial charge in [0.1, 0.15) is 15.8 Å². The summed E-state index contributed by atoms with van der Waals surface area (Å²) in [6, 6.07) is 25.9. The number of sulfone groups is 1. The standard InChI is InChI=1S/C32H23N6O7S2.2Na.O3S/c33-24-5-1-3-18-7-16-26(31(39)28(18)24)37-35-20-8-12-22(13-9-20)46(41,42)23-14-10-21(11-15-23)36-38-30-27(47(43,44)45)17-19-4-2-6-25(34)29(19)32(30)40;;;1-4(2)3/h1-15,17,39-40H,33-34H2,(H,43,44,45);;;/q-1;2*+1;/p-1. The quantitative estimate of drug-likeness (QED) is 0.0544. The van der Waals surface area contributed by atoms with Crippen LogP contribution in [0.4, 0.5) is 34.1 Å². The SMILES string of the molecule is Nc1cccc2c[c-]c(N=Nc3ccc(S(=O)(=O)c4ccc(N=Nc5c(S(=O)(=O)[O-])cc6cccc(N)c6c5O)cc4)cc3)c(O)c12.O=S(=O)=O.[Na+].[Na+]. The summed E-state index contributed by atoms with van der Waals surface area (Å²) < 4.78 is 87.7. The summed E-state index contributed by atoms with van der Waals surface area (Å²) >= 11 is 0. The normalized spacial score (nSPS) is 11.5. The molecule has 6 aromatic rings. The number of nitrogens with two attached hydrogens (primary N) is 2. The van der Waals surface area contributed by atoms with Crippen LogP contribution in [0.25, 0.3) is 21.5 Å². The summed E-state index contributed by atoms with van der Waals surface area (Å²) in [5.74, 6) is -0.820. The number of hydrogen-bond acceptors (Lipinski definition) is 16. The number of fused-ring (bicyclic) bond motifs is 2. The van der Waals surface area contributed by atoms with Crippen LogP contribution in [0, 0.1) is 6.07 Å². The van der Waals surface area contributed by atoms with Crippen LogP contribution in [-0.2, 0) is 30.6 Å². The maximum Gasteiger partial charge on any atom is 1.00 e. The molecule has 0 spiro atoms. The fourth-order valence-corrected chi connectivity index (χ4v) is 6.75. The van der Waals surface area contributed by atoms with E-state index in [4.69, 9.17) is 24.1 Å². The molecule has 16 nitrogen and oxygen atoms in total. The molecule has 53 heavy (non-hydrogen) atoms. The Hall–Kier alpha value is -4.28. The van der Waals surface area contributed by atoms with Gasteiger partial charge in [-0.3, -0.25) is 0 Å². The van der Waals surface area contributed by atoms with Crippen molar-refractivity contribution in [3.05, 3.63) is 103 Å². The van der Waals surface area contributed by atoms with Gasteiger partial charge in [0.2, 0.25) is 9.84 Å². The third-order valence-corrected chi connectivity index (χ3v) is 9.79. The summed E-state index contributed by atoms with van der Waals surface area (Å²) in [6.07, 6.45) is 0. The molecular formula is C32H22N6Na2O10S3. The topological polar surface area (TPSA) is 284 Å². The van der Waals surface area contributed by atoms with E-state index in [1.54, 1.807) is 24.3 Å². The molecule has 6 rings (SSSR count). The van der Waals surface area contributed by atoms with E-state index in [1.165, 1.54) is 66.7 Å². The first-order valence-corrected chi connectivity index (χ1v) is 17.9. The summed E-state index contributed by atoms with van der Waals surface area (Å²) in [5.41, 5.74) is 12.3. The van der Waals surface area contributed by atoms with E-state index >= 15 is 0 Å². The van der Waals surface area contributed by atoms with Crippen molar-refractivity contribution >= 4 is 86.2 Å². The van der Waals surface area contributed by atoms with Crippen molar-refractivity contribution in [3.63, 3.8) is 0 Å². The molecule has 21 heteroatoms. The molecule has 0 unspecified atom stereocenters. The molecule has 0 heterocycles. The fraction of sp³-hybridized carbons (Fsp3) is 0. The number of azo groups is 2. The first kappa shape index (κ1) is 43.1. The zero-order valence-electron chi connectivity index (χ0n) is 27.6. The number of hydrogen-bond donors (Lipinski definition) is 4. The molecule has 0 saturated heterocycles. The first-order chi connectivity index (χ1) is 24.1. The van der Waals surface area contributed by atoms with Crippen LogP contribution in [0.5, 0.6) is 11.5 Å². The van der Waals surface area contributed by atoms with E-state index in [2.05, 4.69) is 26.5 Å². The second-order valence-corrected chi connectivity index (χ2v) is 14.1. The molecule has 0 atom stereocenters. The average Bonchev–Trinajstić information content (AvgIpc) is 3.07. The van der Waals surface area contributed by atoms with Gasteiger partial charge in [-0.25, -0.2) is 16.8 Å². The Balaban J connectivity index is 0.00000120. The van der Waals surface area contributed by atoms with Crippen LogP contribution >= 0.6 is 0 Å². The van der Waals surface area contributed by atoms with Crippen LogP contribution in [-0.4, -0.2) is 44.2 Å². The van der Waals surface area contributed by atoms with E-state index in [1.807, 2.05) is 0 Å². The second kappa shape index (κ2) is 17.7. The Morgan fingerprint density at radius 2 is 1.09 bits per heavy atom. The van der Waals surface area contributed by atoms with E-state index in [-0.39, 0.29) is 102 Å². The van der Waals surface area contributed by atoms with E-state index in [0.717, 1.165) is 6.07 Å². The Morgan fingerprint density at radius 3 is 1.58 bits per heavy atom. The van der Waals surface area contributed by atoms with Crippen molar-refractivity contribution < 1.29 is 103 Å². The molecule has 0 aliphatic heterocycles.